The van der Waals surface area contributed by atoms with Gasteiger partial charge in [-0.1, -0.05) is 0 Å². The maximum absolute atomic E-state index is 3.52. The van der Waals surface area contributed by atoms with E-state index in [-0.39, 0.29) is 37.2 Å². The van der Waals surface area contributed by atoms with E-state index in [1.165, 1.54) is 45.4 Å². The van der Waals surface area contributed by atoms with Crippen LogP contribution in [0.3, 0.4) is 0 Å². The van der Waals surface area contributed by atoms with Crippen molar-refractivity contribution in [2.75, 3.05) is 46.8 Å². The van der Waals surface area contributed by atoms with Crippen molar-refractivity contribution in [2.24, 2.45) is 0 Å². The largest absolute Gasteiger partial charge is 1.00 e. The van der Waals surface area contributed by atoms with Gasteiger partial charge in [0, 0.05) is 0 Å². The Morgan fingerprint density at radius 1 is 0.944 bits per heavy atom. The summed E-state index contributed by atoms with van der Waals surface area (Å²) in [5.74, 6) is 0. The molecular weight excluding hydrogens is 328 g/mol. The summed E-state index contributed by atoms with van der Waals surface area (Å²) < 4.78 is 0.710. The van der Waals surface area contributed by atoms with Gasteiger partial charge in [0.05, 0.1) is 0 Å². The smallest absolute Gasteiger partial charge is 1.00 e. The molecule has 1 atom stereocenters. The maximum atomic E-state index is 3.52. The number of rotatable bonds is 0. The number of nitrogens with zero attached hydrogens (tertiary/aromatic N) is 2. The van der Waals surface area contributed by atoms with Crippen molar-refractivity contribution in [3.05, 3.63) is 0 Å². The summed E-state index contributed by atoms with van der Waals surface area (Å²) in [4.78, 5) is 4.93. The van der Waals surface area contributed by atoms with E-state index >= 15 is 0 Å². The molecule has 0 aromatic rings. The van der Waals surface area contributed by atoms with Gasteiger partial charge >= 0.3 is 106 Å². The molecule has 1 aliphatic heterocycles. The zero-order valence-corrected chi connectivity index (χ0v) is 15.1. The molecule has 108 valence electrons. The molecule has 0 amide bonds. The standard InChI is InChI=1S/C11H24N3.3ClH.Ti/c1-13-8-3-6-12-7-4-9-14(2)11-5-10-13;;;;/h8,12H,3-7,9-11H2,1-2H3;3*1H;/q;;;;+3/p-3. The Labute approximate surface area is 142 Å². The van der Waals surface area contributed by atoms with E-state index in [1.807, 2.05) is 0 Å². The van der Waals surface area contributed by atoms with Gasteiger partial charge in [0.25, 0.3) is 0 Å². The topological polar surface area (TPSA) is 18.5 Å². The first-order valence-electron chi connectivity index (χ1n) is 6.01. The van der Waals surface area contributed by atoms with Crippen LogP contribution in [0.4, 0.5) is 0 Å². The third kappa shape index (κ3) is 11.3. The molecule has 1 N–H and O–H groups in total. The second-order valence-electron chi connectivity index (χ2n) is 4.55. The maximum Gasteiger partial charge on any atom is -1.00 e. The molecule has 7 heteroatoms. The Morgan fingerprint density at radius 2 is 1.56 bits per heavy atom. The quantitative estimate of drug-likeness (QED) is 0.437. The second kappa shape index (κ2) is 14.9. The first-order valence-corrected chi connectivity index (χ1v) is 6.91. The molecule has 0 bridgehead atoms. The molecule has 0 saturated carbocycles. The molecule has 0 aromatic carbocycles. The van der Waals surface area contributed by atoms with Gasteiger partial charge < -0.3 is 37.2 Å². The first-order chi connectivity index (χ1) is 7.20. The molecule has 3 nitrogen and oxygen atoms in total. The van der Waals surface area contributed by atoms with Crippen LogP contribution in [0.5, 0.6) is 0 Å². The summed E-state index contributed by atoms with van der Waals surface area (Å²) in [6.07, 6.45) is 3.85. The second-order valence-corrected chi connectivity index (χ2v) is 5.59. The van der Waals surface area contributed by atoms with Crippen LogP contribution in [0.25, 0.3) is 0 Å². The van der Waals surface area contributed by atoms with Crippen molar-refractivity contribution < 1.29 is 57.7 Å². The fraction of sp³-hybridized carbons (Fsp3) is 1.00. The molecule has 1 rings (SSSR count). The van der Waals surface area contributed by atoms with Crippen molar-refractivity contribution in [1.82, 2.24) is 15.1 Å². The summed E-state index contributed by atoms with van der Waals surface area (Å²) in [6.45, 7) is 6.02. The minimum absolute atomic E-state index is 0. The number of hydrogen-bond donors (Lipinski definition) is 1. The van der Waals surface area contributed by atoms with Crippen LogP contribution in [-0.2, 0) is 20.4 Å². The molecule has 1 saturated heterocycles. The van der Waals surface area contributed by atoms with E-state index in [4.69, 9.17) is 0 Å². The van der Waals surface area contributed by atoms with Gasteiger partial charge in [-0.15, -0.1) is 0 Å². The average molecular weight is 353 g/mol. The summed E-state index contributed by atoms with van der Waals surface area (Å²) in [7, 11) is 4.48. The van der Waals surface area contributed by atoms with Crippen LogP contribution in [0.2, 0.25) is 0 Å². The third-order valence-corrected chi connectivity index (χ3v) is 4.21. The fourth-order valence-electron chi connectivity index (χ4n) is 1.92. The number of hydrogen-bond acceptors (Lipinski definition) is 3. The molecule has 1 fully saturated rings. The Bertz CT molecular complexity index is 178. The Morgan fingerprint density at radius 3 is 2.22 bits per heavy atom. The molecule has 0 aliphatic carbocycles. The van der Waals surface area contributed by atoms with Crippen LogP contribution in [0, 0.1) is 0 Å². The van der Waals surface area contributed by atoms with Crippen molar-refractivity contribution in [3.63, 3.8) is 0 Å². The van der Waals surface area contributed by atoms with E-state index in [0.29, 0.717) is 4.35 Å². The SMILES string of the molecule is CN1CCCNCC[CH]([Ti+3])N(C)CCC1.[Cl-].[Cl-].[Cl-]. The number of halogens is 3. The van der Waals surface area contributed by atoms with Crippen LogP contribution in [0.1, 0.15) is 19.3 Å². The van der Waals surface area contributed by atoms with Crippen molar-refractivity contribution >= 4 is 0 Å². The first kappa shape index (κ1) is 24.5. The van der Waals surface area contributed by atoms with E-state index in [1.54, 1.807) is 0 Å². The van der Waals surface area contributed by atoms with E-state index < -0.39 is 0 Å². The average Bonchev–Trinajstić information content (AvgIpc) is 2.21. The molecule has 1 unspecified atom stereocenters. The fourth-order valence-corrected chi connectivity index (χ4v) is 2.34. The van der Waals surface area contributed by atoms with E-state index in [2.05, 4.69) is 49.6 Å². The minimum atomic E-state index is 0. The summed E-state index contributed by atoms with van der Waals surface area (Å²) in [6, 6.07) is 0. The van der Waals surface area contributed by atoms with Gasteiger partial charge in [0.2, 0.25) is 0 Å². The van der Waals surface area contributed by atoms with Crippen molar-refractivity contribution in [1.29, 1.82) is 0 Å². The normalized spacial score (nSPS) is 24.6. The minimum Gasteiger partial charge on any atom is -1.00 e. The molecule has 0 spiro atoms. The number of nitrogens with one attached hydrogen (secondary N) is 1. The predicted molar refractivity (Wildman–Crippen MR) is 60.6 cm³/mol. The van der Waals surface area contributed by atoms with Gasteiger partial charge in [-0.3, -0.25) is 0 Å². The van der Waals surface area contributed by atoms with Gasteiger partial charge in [-0.05, 0) is 0 Å². The van der Waals surface area contributed by atoms with Gasteiger partial charge in [0.15, 0.2) is 0 Å². The molecular formula is C11H24Cl3N3Ti. The van der Waals surface area contributed by atoms with Crippen LogP contribution in [-0.4, -0.2) is 61.0 Å². The third-order valence-electron chi connectivity index (χ3n) is 3.07. The predicted octanol–water partition coefficient (Wildman–Crippen LogP) is -8.49. The summed E-state index contributed by atoms with van der Waals surface area (Å²) in [5, 5.41) is 3.52. The van der Waals surface area contributed by atoms with Crippen molar-refractivity contribution in [3.8, 4) is 0 Å². The van der Waals surface area contributed by atoms with Gasteiger partial charge in [-0.25, -0.2) is 0 Å². The summed E-state index contributed by atoms with van der Waals surface area (Å²) >= 11 is 2.33. The monoisotopic (exact) mass is 351 g/mol. The molecule has 1 heterocycles. The van der Waals surface area contributed by atoms with Gasteiger partial charge in [0.1, 0.15) is 0 Å². The zero-order chi connectivity index (χ0) is 11.1. The zero-order valence-electron chi connectivity index (χ0n) is 11.3. The Hall–Kier alpha value is 1.46. The molecule has 0 aromatic heterocycles. The molecule has 18 heavy (non-hydrogen) atoms. The van der Waals surface area contributed by atoms with Crippen LogP contribution < -0.4 is 42.5 Å². The van der Waals surface area contributed by atoms with Crippen LogP contribution >= 0.6 is 0 Å². The molecule has 0 radical (unpaired) electrons. The Balaban J connectivity index is -0.000000750. The van der Waals surface area contributed by atoms with E-state index in [0.717, 1.165) is 6.54 Å². The Kier molecular flexibility index (Phi) is 20.2. The van der Waals surface area contributed by atoms with E-state index in [9.17, 15) is 0 Å². The summed E-state index contributed by atoms with van der Waals surface area (Å²) in [5.41, 5.74) is 0. The van der Waals surface area contributed by atoms with Gasteiger partial charge in [-0.2, -0.15) is 0 Å². The van der Waals surface area contributed by atoms with Crippen LogP contribution in [0.15, 0.2) is 0 Å². The van der Waals surface area contributed by atoms with Crippen molar-refractivity contribution in [2.45, 2.75) is 23.6 Å². The molecule has 1 aliphatic rings.